The van der Waals surface area contributed by atoms with Crippen molar-refractivity contribution in [3.05, 3.63) is 35.0 Å². The number of amides is 1. The molecule has 0 spiro atoms. The van der Waals surface area contributed by atoms with E-state index in [4.69, 9.17) is 14.2 Å². The Balaban J connectivity index is 2.15. The van der Waals surface area contributed by atoms with Crippen LogP contribution in [0.1, 0.15) is 38.1 Å². The first kappa shape index (κ1) is 19.3. The Bertz CT molecular complexity index is 896. The van der Waals surface area contributed by atoms with E-state index in [1.165, 1.54) is 12.0 Å². The van der Waals surface area contributed by atoms with Crippen molar-refractivity contribution >= 4 is 16.9 Å². The summed E-state index contributed by atoms with van der Waals surface area (Å²) in [6, 6.07) is 1.60. The van der Waals surface area contributed by atoms with Crippen molar-refractivity contribution in [3.8, 4) is 5.88 Å². The van der Waals surface area contributed by atoms with E-state index in [0.29, 0.717) is 22.0 Å². The molecule has 1 aliphatic rings. The number of halogens is 2. The first-order valence-corrected chi connectivity index (χ1v) is 8.51. The second-order valence-electron chi connectivity index (χ2n) is 7.42. The van der Waals surface area contributed by atoms with Crippen molar-refractivity contribution in [2.24, 2.45) is 0 Å². The SMILES string of the molecule is COc1nc2c(c3cc(F)c(F)cc13)C(N(C)C(=O)OC(C)(C)C)COC2. The number of carbonyl (C=O) groups excluding carboxylic acids is 1. The second kappa shape index (κ2) is 6.92. The number of likely N-dealkylation sites (N-methyl/N-ethyl adjacent to an activating group) is 1. The third-order valence-corrected chi connectivity index (χ3v) is 4.32. The minimum atomic E-state index is -0.994. The summed E-state index contributed by atoms with van der Waals surface area (Å²) in [6.45, 7) is 5.67. The maximum absolute atomic E-state index is 14.0. The fourth-order valence-electron chi connectivity index (χ4n) is 3.10. The van der Waals surface area contributed by atoms with Gasteiger partial charge < -0.3 is 19.1 Å². The molecule has 8 heteroatoms. The molecule has 1 unspecified atom stereocenters. The second-order valence-corrected chi connectivity index (χ2v) is 7.42. The lowest BCUT2D eigenvalue weighted by molar-refractivity contribution is -0.000809. The van der Waals surface area contributed by atoms with Crippen LogP contribution in [0.2, 0.25) is 0 Å². The molecule has 1 amide bonds. The minimum absolute atomic E-state index is 0.173. The molecule has 2 heterocycles. The Morgan fingerprint density at radius 2 is 1.89 bits per heavy atom. The Hall–Kier alpha value is -2.48. The zero-order valence-corrected chi connectivity index (χ0v) is 15.9. The van der Waals surface area contributed by atoms with Crippen LogP contribution in [0.3, 0.4) is 0 Å². The van der Waals surface area contributed by atoms with Crippen LogP contribution in [0, 0.1) is 11.6 Å². The van der Waals surface area contributed by atoms with E-state index in [2.05, 4.69) is 4.98 Å². The molecule has 6 nitrogen and oxygen atoms in total. The van der Waals surface area contributed by atoms with Crippen molar-refractivity contribution in [1.82, 2.24) is 9.88 Å². The Morgan fingerprint density at radius 3 is 2.48 bits per heavy atom. The molecule has 0 saturated heterocycles. The summed E-state index contributed by atoms with van der Waals surface area (Å²) >= 11 is 0. The van der Waals surface area contributed by atoms with Crippen LogP contribution in [0.5, 0.6) is 5.88 Å². The molecule has 0 radical (unpaired) electrons. The third-order valence-electron chi connectivity index (χ3n) is 4.32. The molecule has 1 aliphatic heterocycles. The van der Waals surface area contributed by atoms with E-state index in [0.717, 1.165) is 12.1 Å². The summed E-state index contributed by atoms with van der Waals surface area (Å²) < 4.78 is 44.0. The highest BCUT2D eigenvalue weighted by molar-refractivity contribution is 5.91. The van der Waals surface area contributed by atoms with Crippen molar-refractivity contribution in [3.63, 3.8) is 0 Å². The third kappa shape index (κ3) is 3.66. The number of hydrogen-bond donors (Lipinski definition) is 0. The molecule has 146 valence electrons. The molecule has 0 fully saturated rings. The van der Waals surface area contributed by atoms with Crippen LogP contribution in [0.4, 0.5) is 13.6 Å². The van der Waals surface area contributed by atoms with E-state index in [1.54, 1.807) is 27.8 Å². The molecular weight excluding hydrogens is 358 g/mol. The summed E-state index contributed by atoms with van der Waals surface area (Å²) in [5.41, 5.74) is 0.445. The van der Waals surface area contributed by atoms with Gasteiger partial charge in [-0.2, -0.15) is 0 Å². The monoisotopic (exact) mass is 380 g/mol. The van der Waals surface area contributed by atoms with Gasteiger partial charge in [-0.05, 0) is 38.3 Å². The largest absolute Gasteiger partial charge is 0.481 e. The van der Waals surface area contributed by atoms with Gasteiger partial charge in [0.2, 0.25) is 5.88 Å². The van der Waals surface area contributed by atoms with E-state index in [1.807, 2.05) is 0 Å². The van der Waals surface area contributed by atoms with Gasteiger partial charge in [0, 0.05) is 18.0 Å². The van der Waals surface area contributed by atoms with Crippen LogP contribution >= 0.6 is 0 Å². The lowest BCUT2D eigenvalue weighted by atomic mass is 9.95. The highest BCUT2D eigenvalue weighted by Gasteiger charge is 2.33. The van der Waals surface area contributed by atoms with Crippen LogP contribution in [0.25, 0.3) is 10.8 Å². The predicted octanol–water partition coefficient (Wildman–Crippen LogP) is 3.96. The smallest absolute Gasteiger partial charge is 0.410 e. The predicted molar refractivity (Wildman–Crippen MR) is 94.6 cm³/mol. The first-order valence-electron chi connectivity index (χ1n) is 8.51. The molecule has 3 rings (SSSR count). The topological polar surface area (TPSA) is 60.9 Å². The van der Waals surface area contributed by atoms with Gasteiger partial charge in [0.15, 0.2) is 11.6 Å². The minimum Gasteiger partial charge on any atom is -0.481 e. The molecule has 0 aliphatic carbocycles. The number of rotatable bonds is 2. The zero-order valence-electron chi connectivity index (χ0n) is 15.9. The molecule has 27 heavy (non-hydrogen) atoms. The summed E-state index contributed by atoms with van der Waals surface area (Å²) in [4.78, 5) is 18.3. The van der Waals surface area contributed by atoms with Gasteiger partial charge in [-0.15, -0.1) is 0 Å². The van der Waals surface area contributed by atoms with Crippen molar-refractivity contribution in [2.45, 2.75) is 39.0 Å². The van der Waals surface area contributed by atoms with E-state index < -0.39 is 29.4 Å². The molecule has 0 N–H and O–H groups in total. The van der Waals surface area contributed by atoms with E-state index in [-0.39, 0.29) is 19.1 Å². The summed E-state index contributed by atoms with van der Waals surface area (Å²) in [6.07, 6.45) is -0.546. The normalized spacial score (nSPS) is 16.8. The molecule has 1 atom stereocenters. The highest BCUT2D eigenvalue weighted by atomic mass is 19.2. The number of ether oxygens (including phenoxy) is 3. The van der Waals surface area contributed by atoms with Gasteiger partial charge in [0.25, 0.3) is 0 Å². The Morgan fingerprint density at radius 1 is 1.26 bits per heavy atom. The van der Waals surface area contributed by atoms with Crippen molar-refractivity contribution < 1.29 is 27.8 Å². The van der Waals surface area contributed by atoms with Gasteiger partial charge in [-0.25, -0.2) is 18.6 Å². The number of carbonyl (C=O) groups is 1. The first-order chi connectivity index (χ1) is 12.6. The lowest BCUT2D eigenvalue weighted by Crippen LogP contribution is -2.40. The van der Waals surface area contributed by atoms with Crippen molar-refractivity contribution in [2.75, 3.05) is 20.8 Å². The van der Waals surface area contributed by atoms with Gasteiger partial charge in [-0.1, -0.05) is 0 Å². The maximum Gasteiger partial charge on any atom is 0.410 e. The van der Waals surface area contributed by atoms with Crippen LogP contribution in [0.15, 0.2) is 12.1 Å². The number of methoxy groups -OCH3 is 1. The Labute approximate surface area is 156 Å². The maximum atomic E-state index is 14.0. The molecule has 0 bridgehead atoms. The molecule has 1 aromatic carbocycles. The number of hydrogen-bond acceptors (Lipinski definition) is 5. The summed E-state index contributed by atoms with van der Waals surface area (Å²) in [7, 11) is 2.98. The van der Waals surface area contributed by atoms with Gasteiger partial charge in [0.1, 0.15) is 5.60 Å². The number of aromatic nitrogens is 1. The lowest BCUT2D eigenvalue weighted by Gasteiger charge is -2.34. The highest BCUT2D eigenvalue weighted by Crippen LogP contribution is 2.38. The van der Waals surface area contributed by atoms with Gasteiger partial charge in [0.05, 0.1) is 32.1 Å². The number of pyridine rings is 1. The van der Waals surface area contributed by atoms with Gasteiger partial charge in [-0.3, -0.25) is 0 Å². The average Bonchev–Trinajstić information content (AvgIpc) is 2.59. The Kier molecular flexibility index (Phi) is 4.94. The standard InChI is InChI=1S/C19H22F2N2O4/c1-19(2,3)27-18(24)23(4)15-9-26-8-14-16(15)10-6-12(20)13(21)7-11(10)17(22-14)25-5/h6-7,15H,8-9H2,1-5H3. The number of benzene rings is 1. The fourth-order valence-corrected chi connectivity index (χ4v) is 3.10. The van der Waals surface area contributed by atoms with Gasteiger partial charge >= 0.3 is 6.09 Å². The molecule has 2 aromatic rings. The fraction of sp³-hybridized carbons (Fsp3) is 0.474. The van der Waals surface area contributed by atoms with Crippen LogP contribution in [-0.4, -0.2) is 42.3 Å². The number of nitrogens with zero attached hydrogens (tertiary/aromatic N) is 2. The quantitative estimate of drug-likeness (QED) is 0.789. The number of fused-ring (bicyclic) bond motifs is 3. The molecule has 0 saturated carbocycles. The van der Waals surface area contributed by atoms with Crippen LogP contribution in [-0.2, 0) is 16.1 Å². The zero-order chi connectivity index (χ0) is 19.9. The van der Waals surface area contributed by atoms with E-state index >= 15 is 0 Å². The average molecular weight is 380 g/mol. The van der Waals surface area contributed by atoms with Crippen LogP contribution < -0.4 is 4.74 Å². The van der Waals surface area contributed by atoms with E-state index in [9.17, 15) is 13.6 Å². The summed E-state index contributed by atoms with van der Waals surface area (Å²) in [5.74, 6) is -1.80. The summed E-state index contributed by atoms with van der Waals surface area (Å²) in [5, 5.41) is 0.763. The molecule has 1 aromatic heterocycles. The molecular formula is C19H22F2N2O4. The van der Waals surface area contributed by atoms with Crippen molar-refractivity contribution in [1.29, 1.82) is 0 Å².